The van der Waals surface area contributed by atoms with Gasteiger partial charge in [0.25, 0.3) is 5.69 Å². The molecule has 1 aliphatic rings. The van der Waals surface area contributed by atoms with Gasteiger partial charge in [-0.1, -0.05) is 61.5 Å². The number of fused-ring (bicyclic) bond motifs is 3. The predicted octanol–water partition coefficient (Wildman–Crippen LogP) is 5.35. The highest BCUT2D eigenvalue weighted by Crippen LogP contribution is 2.40. The molecule has 2 atom stereocenters. The van der Waals surface area contributed by atoms with Crippen LogP contribution < -0.4 is 4.90 Å². The number of hydrogen-bond donors (Lipinski definition) is 0. The fourth-order valence-electron chi connectivity index (χ4n) is 4.38. The molecule has 2 heterocycles. The first kappa shape index (κ1) is 19.9. The van der Waals surface area contributed by atoms with Gasteiger partial charge in [0.2, 0.25) is 0 Å². The smallest absolute Gasteiger partial charge is 0.270 e. The number of hydrogen-bond acceptors (Lipinski definition) is 5. The molecule has 0 fully saturated rings. The Morgan fingerprint density at radius 1 is 0.906 bits per heavy atom. The molecule has 0 saturated heterocycles. The van der Waals surface area contributed by atoms with Crippen LogP contribution in [0.5, 0.6) is 0 Å². The molecule has 0 N–H and O–H groups in total. The molecule has 32 heavy (non-hydrogen) atoms. The summed E-state index contributed by atoms with van der Waals surface area (Å²) in [6.45, 7) is 5.14. The zero-order valence-corrected chi connectivity index (χ0v) is 17.9. The molecular weight excluding hydrogens is 402 g/mol. The van der Waals surface area contributed by atoms with E-state index in [1.807, 2.05) is 24.3 Å². The summed E-state index contributed by atoms with van der Waals surface area (Å²) in [6.07, 6.45) is 0. The zero-order valence-electron chi connectivity index (χ0n) is 17.9. The quantitative estimate of drug-likeness (QED) is 0.325. The van der Waals surface area contributed by atoms with Crippen molar-refractivity contribution in [3.05, 3.63) is 100 Å². The molecule has 7 nitrogen and oxygen atoms in total. The average Bonchev–Trinajstić information content (AvgIpc) is 3.24. The van der Waals surface area contributed by atoms with E-state index in [9.17, 15) is 10.1 Å². The van der Waals surface area contributed by atoms with Crippen LogP contribution in [0.2, 0.25) is 0 Å². The van der Waals surface area contributed by atoms with Gasteiger partial charge in [0.15, 0.2) is 5.82 Å². The largest absolute Gasteiger partial charge is 0.362 e. The van der Waals surface area contributed by atoms with Crippen molar-refractivity contribution < 1.29 is 4.92 Å². The normalized spacial score (nSPS) is 17.4. The third-order valence-electron chi connectivity index (χ3n) is 6.25. The van der Waals surface area contributed by atoms with Crippen LogP contribution in [-0.4, -0.2) is 25.7 Å². The maximum atomic E-state index is 11.3. The SMILES string of the molecule is CC1c2nnc(-c3cccc([N+](=O)[O-])c3)n2-c2ccccc2N(Cc2ccccc2)C1C. The molecule has 0 amide bonds. The van der Waals surface area contributed by atoms with Crippen molar-refractivity contribution in [3.8, 4) is 17.1 Å². The molecule has 4 aromatic rings. The lowest BCUT2D eigenvalue weighted by Crippen LogP contribution is -2.35. The van der Waals surface area contributed by atoms with E-state index >= 15 is 0 Å². The predicted molar refractivity (Wildman–Crippen MR) is 124 cm³/mol. The van der Waals surface area contributed by atoms with Crippen LogP contribution in [0.4, 0.5) is 11.4 Å². The van der Waals surface area contributed by atoms with Gasteiger partial charge in [0.05, 0.1) is 16.3 Å². The summed E-state index contributed by atoms with van der Waals surface area (Å²) < 4.78 is 2.06. The lowest BCUT2D eigenvalue weighted by Gasteiger charge is -2.33. The van der Waals surface area contributed by atoms with Gasteiger partial charge in [-0.2, -0.15) is 0 Å². The highest BCUT2D eigenvalue weighted by Gasteiger charge is 2.33. The van der Waals surface area contributed by atoms with Crippen molar-refractivity contribution in [1.82, 2.24) is 14.8 Å². The van der Waals surface area contributed by atoms with Crippen LogP contribution in [0, 0.1) is 10.1 Å². The number of aromatic nitrogens is 3. The van der Waals surface area contributed by atoms with Crippen LogP contribution in [-0.2, 0) is 6.54 Å². The van der Waals surface area contributed by atoms with Crippen molar-refractivity contribution in [3.63, 3.8) is 0 Å². The second-order valence-electron chi connectivity index (χ2n) is 8.16. The van der Waals surface area contributed by atoms with Crippen LogP contribution >= 0.6 is 0 Å². The monoisotopic (exact) mass is 425 g/mol. The zero-order chi connectivity index (χ0) is 22.2. The first-order chi connectivity index (χ1) is 15.5. The van der Waals surface area contributed by atoms with Gasteiger partial charge in [0, 0.05) is 36.2 Å². The fourth-order valence-corrected chi connectivity index (χ4v) is 4.38. The summed E-state index contributed by atoms with van der Waals surface area (Å²) in [5, 5.41) is 20.4. The van der Waals surface area contributed by atoms with Crippen molar-refractivity contribution >= 4 is 11.4 Å². The van der Waals surface area contributed by atoms with E-state index < -0.39 is 0 Å². The highest BCUT2D eigenvalue weighted by atomic mass is 16.6. The molecule has 5 rings (SSSR count). The van der Waals surface area contributed by atoms with Gasteiger partial charge in [-0.05, 0) is 24.6 Å². The Hall–Kier alpha value is -4.00. The first-order valence-corrected chi connectivity index (χ1v) is 10.6. The van der Waals surface area contributed by atoms with Crippen LogP contribution in [0.15, 0.2) is 78.9 Å². The number of anilines is 1. The van der Waals surface area contributed by atoms with Gasteiger partial charge in [-0.25, -0.2) is 0 Å². The maximum Gasteiger partial charge on any atom is 0.270 e. The van der Waals surface area contributed by atoms with Gasteiger partial charge >= 0.3 is 0 Å². The lowest BCUT2D eigenvalue weighted by molar-refractivity contribution is -0.384. The minimum absolute atomic E-state index is 0.0360. The van der Waals surface area contributed by atoms with Crippen molar-refractivity contribution in [2.45, 2.75) is 32.4 Å². The number of nitro groups is 1. The molecule has 0 radical (unpaired) electrons. The Labute approximate surface area is 186 Å². The van der Waals surface area contributed by atoms with Gasteiger partial charge in [-0.15, -0.1) is 10.2 Å². The molecule has 2 unspecified atom stereocenters. The first-order valence-electron chi connectivity index (χ1n) is 10.6. The van der Waals surface area contributed by atoms with Crippen molar-refractivity contribution in [1.29, 1.82) is 0 Å². The van der Waals surface area contributed by atoms with E-state index in [1.54, 1.807) is 12.1 Å². The Balaban J connectivity index is 1.69. The molecule has 0 bridgehead atoms. The summed E-state index contributed by atoms with van der Waals surface area (Å²) in [6, 6.07) is 25.4. The minimum atomic E-state index is -0.385. The Kier molecular flexibility index (Phi) is 4.93. The highest BCUT2D eigenvalue weighted by molar-refractivity contribution is 5.70. The van der Waals surface area contributed by atoms with Crippen molar-refractivity contribution in [2.24, 2.45) is 0 Å². The molecule has 0 aliphatic carbocycles. The van der Waals surface area contributed by atoms with E-state index in [-0.39, 0.29) is 22.6 Å². The van der Waals surface area contributed by atoms with Crippen molar-refractivity contribution in [2.75, 3.05) is 4.90 Å². The molecule has 1 aliphatic heterocycles. The Morgan fingerprint density at radius 2 is 1.62 bits per heavy atom. The number of nitrogens with zero attached hydrogens (tertiary/aromatic N) is 5. The minimum Gasteiger partial charge on any atom is -0.362 e. The third kappa shape index (κ3) is 3.32. The molecule has 0 saturated carbocycles. The number of benzene rings is 3. The van der Waals surface area contributed by atoms with Gasteiger partial charge in [-0.3, -0.25) is 14.7 Å². The Morgan fingerprint density at radius 3 is 2.38 bits per heavy atom. The molecule has 3 aromatic carbocycles. The van der Waals surface area contributed by atoms with Crippen LogP contribution in [0.25, 0.3) is 17.1 Å². The molecular formula is C25H23N5O2. The summed E-state index contributed by atoms with van der Waals surface area (Å²) in [5.41, 5.74) is 4.00. The Bertz CT molecular complexity index is 1280. The standard InChI is InChI=1S/C25H23N5O2/c1-17-18(2)28(16-19-9-4-3-5-10-19)22-13-6-7-14-23(22)29-24(17)26-27-25(29)20-11-8-12-21(15-20)30(31)32/h3-15,17-18H,16H2,1-2H3. The maximum absolute atomic E-state index is 11.3. The second kappa shape index (κ2) is 7.92. The van der Waals surface area contributed by atoms with E-state index in [2.05, 4.69) is 69.9 Å². The number of non-ortho nitro benzene ring substituents is 1. The van der Waals surface area contributed by atoms with Gasteiger partial charge < -0.3 is 4.90 Å². The molecule has 160 valence electrons. The van der Waals surface area contributed by atoms with E-state index in [0.29, 0.717) is 11.4 Å². The molecule has 0 spiro atoms. The molecule has 1 aromatic heterocycles. The number of rotatable bonds is 4. The summed E-state index contributed by atoms with van der Waals surface area (Å²) in [5.74, 6) is 1.55. The summed E-state index contributed by atoms with van der Waals surface area (Å²) in [7, 11) is 0. The van der Waals surface area contributed by atoms with E-state index in [0.717, 1.165) is 23.7 Å². The number of para-hydroxylation sites is 2. The van der Waals surface area contributed by atoms with E-state index in [1.165, 1.54) is 11.6 Å². The molecule has 7 heteroatoms. The van der Waals surface area contributed by atoms with Crippen LogP contribution in [0.3, 0.4) is 0 Å². The summed E-state index contributed by atoms with van der Waals surface area (Å²) in [4.78, 5) is 13.4. The van der Waals surface area contributed by atoms with E-state index in [4.69, 9.17) is 0 Å². The fraction of sp³-hybridized carbons (Fsp3) is 0.200. The lowest BCUT2D eigenvalue weighted by atomic mass is 10.0. The van der Waals surface area contributed by atoms with Gasteiger partial charge in [0.1, 0.15) is 5.82 Å². The topological polar surface area (TPSA) is 77.1 Å². The van der Waals surface area contributed by atoms with Crippen LogP contribution in [0.1, 0.15) is 31.2 Å². The number of nitro benzene ring substituents is 1. The second-order valence-corrected chi connectivity index (χ2v) is 8.16. The average molecular weight is 425 g/mol. The third-order valence-corrected chi connectivity index (χ3v) is 6.25. The summed E-state index contributed by atoms with van der Waals surface area (Å²) >= 11 is 0.